The average molecular weight is 229 g/mol. The van der Waals surface area contributed by atoms with E-state index in [2.05, 4.69) is 15.9 Å². The molecule has 1 heterocycles. The SMILES string of the molecule is OC1CCc2cc(Br)ccc2O1. The van der Waals surface area contributed by atoms with Gasteiger partial charge in [0.15, 0.2) is 6.29 Å². The second-order valence-corrected chi connectivity index (χ2v) is 3.78. The molecule has 1 aromatic rings. The second-order valence-electron chi connectivity index (χ2n) is 2.86. The van der Waals surface area contributed by atoms with Crippen LogP contribution in [0.4, 0.5) is 0 Å². The minimum absolute atomic E-state index is 0.626. The van der Waals surface area contributed by atoms with Crippen LogP contribution in [-0.4, -0.2) is 11.4 Å². The molecule has 0 saturated heterocycles. The van der Waals surface area contributed by atoms with Crippen LogP contribution in [0.25, 0.3) is 0 Å². The van der Waals surface area contributed by atoms with Gasteiger partial charge in [-0.25, -0.2) is 0 Å². The number of aliphatic hydroxyl groups is 1. The van der Waals surface area contributed by atoms with E-state index in [1.165, 1.54) is 0 Å². The lowest BCUT2D eigenvalue weighted by Gasteiger charge is -2.21. The number of aryl methyl sites for hydroxylation is 1. The molecule has 0 spiro atoms. The number of fused-ring (bicyclic) bond motifs is 1. The van der Waals surface area contributed by atoms with Crippen molar-refractivity contribution < 1.29 is 9.84 Å². The summed E-state index contributed by atoms with van der Waals surface area (Å²) in [5, 5.41) is 9.19. The maximum absolute atomic E-state index is 9.19. The lowest BCUT2D eigenvalue weighted by atomic mass is 10.1. The number of rotatable bonds is 0. The molecule has 64 valence electrons. The normalized spacial score (nSPS) is 21.3. The molecule has 1 aromatic carbocycles. The zero-order valence-corrected chi connectivity index (χ0v) is 8.04. The lowest BCUT2D eigenvalue weighted by Crippen LogP contribution is -2.21. The van der Waals surface area contributed by atoms with Crippen molar-refractivity contribution in [3.63, 3.8) is 0 Å². The van der Waals surface area contributed by atoms with E-state index in [1.807, 2.05) is 18.2 Å². The fourth-order valence-electron chi connectivity index (χ4n) is 1.34. The number of aliphatic hydroxyl groups excluding tert-OH is 1. The van der Waals surface area contributed by atoms with Crippen molar-refractivity contribution >= 4 is 15.9 Å². The van der Waals surface area contributed by atoms with E-state index in [0.29, 0.717) is 6.42 Å². The molecule has 1 atom stereocenters. The Hall–Kier alpha value is -0.540. The number of ether oxygens (including phenoxy) is 1. The van der Waals surface area contributed by atoms with Crippen LogP contribution in [-0.2, 0) is 6.42 Å². The summed E-state index contributed by atoms with van der Waals surface area (Å²) in [4.78, 5) is 0. The molecule has 1 aliphatic heterocycles. The van der Waals surface area contributed by atoms with Crippen LogP contribution in [0.1, 0.15) is 12.0 Å². The molecule has 12 heavy (non-hydrogen) atoms. The van der Waals surface area contributed by atoms with E-state index in [0.717, 1.165) is 22.2 Å². The summed E-state index contributed by atoms with van der Waals surface area (Å²) in [6, 6.07) is 5.82. The highest BCUT2D eigenvalue weighted by Gasteiger charge is 2.16. The fraction of sp³-hybridized carbons (Fsp3) is 0.333. The number of hydrogen-bond acceptors (Lipinski definition) is 2. The predicted octanol–water partition coefficient (Wildman–Crippen LogP) is 2.09. The van der Waals surface area contributed by atoms with Gasteiger partial charge in [0.2, 0.25) is 0 Å². The van der Waals surface area contributed by atoms with Gasteiger partial charge in [-0.2, -0.15) is 0 Å². The maximum atomic E-state index is 9.19. The second kappa shape index (κ2) is 3.07. The molecule has 2 rings (SSSR count). The predicted molar refractivity (Wildman–Crippen MR) is 49.1 cm³/mol. The van der Waals surface area contributed by atoms with Gasteiger partial charge in [0, 0.05) is 10.9 Å². The summed E-state index contributed by atoms with van der Waals surface area (Å²) < 4.78 is 6.28. The van der Waals surface area contributed by atoms with Gasteiger partial charge in [-0.15, -0.1) is 0 Å². The molecule has 0 aliphatic carbocycles. The fourth-order valence-corrected chi connectivity index (χ4v) is 1.75. The first-order chi connectivity index (χ1) is 5.75. The van der Waals surface area contributed by atoms with Crippen LogP contribution in [0.15, 0.2) is 22.7 Å². The molecule has 0 aromatic heterocycles. The van der Waals surface area contributed by atoms with Gasteiger partial charge in [-0.1, -0.05) is 15.9 Å². The van der Waals surface area contributed by atoms with E-state index >= 15 is 0 Å². The van der Waals surface area contributed by atoms with Gasteiger partial charge in [0.25, 0.3) is 0 Å². The molecule has 2 nitrogen and oxygen atoms in total. The molecule has 1 aliphatic rings. The Kier molecular flexibility index (Phi) is 2.07. The van der Waals surface area contributed by atoms with Crippen LogP contribution in [0.3, 0.4) is 0 Å². The summed E-state index contributed by atoms with van der Waals surface area (Å²) >= 11 is 3.39. The van der Waals surface area contributed by atoms with Crippen molar-refractivity contribution in [1.82, 2.24) is 0 Å². The Balaban J connectivity index is 2.37. The van der Waals surface area contributed by atoms with Crippen molar-refractivity contribution in [1.29, 1.82) is 0 Å². The third-order valence-corrected chi connectivity index (χ3v) is 2.44. The Morgan fingerprint density at radius 2 is 2.33 bits per heavy atom. The summed E-state index contributed by atoms with van der Waals surface area (Å²) in [6.07, 6.45) is 0.943. The van der Waals surface area contributed by atoms with Crippen LogP contribution in [0.2, 0.25) is 0 Å². The van der Waals surface area contributed by atoms with Gasteiger partial charge in [-0.05, 0) is 30.2 Å². The van der Waals surface area contributed by atoms with Gasteiger partial charge >= 0.3 is 0 Å². The van der Waals surface area contributed by atoms with Gasteiger partial charge < -0.3 is 9.84 Å². The van der Waals surface area contributed by atoms with Gasteiger partial charge in [0.1, 0.15) is 5.75 Å². The third-order valence-electron chi connectivity index (χ3n) is 1.95. The first-order valence-electron chi connectivity index (χ1n) is 3.89. The van der Waals surface area contributed by atoms with E-state index in [9.17, 15) is 5.11 Å². The summed E-state index contributed by atoms with van der Waals surface area (Å²) in [6.45, 7) is 0. The molecule has 0 saturated carbocycles. The highest BCUT2D eigenvalue weighted by Crippen LogP contribution is 2.29. The summed E-state index contributed by atoms with van der Waals surface area (Å²) in [7, 11) is 0. The smallest absolute Gasteiger partial charge is 0.197 e. The quantitative estimate of drug-likeness (QED) is 0.738. The Morgan fingerprint density at radius 1 is 1.50 bits per heavy atom. The van der Waals surface area contributed by atoms with Crippen molar-refractivity contribution in [2.45, 2.75) is 19.1 Å². The van der Waals surface area contributed by atoms with E-state index in [4.69, 9.17) is 4.74 Å². The van der Waals surface area contributed by atoms with Gasteiger partial charge in [0.05, 0.1) is 0 Å². The average Bonchev–Trinajstić information content (AvgIpc) is 2.05. The van der Waals surface area contributed by atoms with Crippen LogP contribution in [0, 0.1) is 0 Å². The zero-order chi connectivity index (χ0) is 8.55. The minimum Gasteiger partial charge on any atom is -0.465 e. The number of hydrogen-bond donors (Lipinski definition) is 1. The molecule has 1 N–H and O–H groups in total. The highest BCUT2D eigenvalue weighted by molar-refractivity contribution is 9.10. The maximum Gasteiger partial charge on any atom is 0.197 e. The van der Waals surface area contributed by atoms with Crippen molar-refractivity contribution in [3.05, 3.63) is 28.2 Å². The van der Waals surface area contributed by atoms with Crippen LogP contribution < -0.4 is 4.74 Å². The summed E-state index contributed by atoms with van der Waals surface area (Å²) in [5.41, 5.74) is 1.16. The Morgan fingerprint density at radius 3 is 3.17 bits per heavy atom. The molecule has 0 bridgehead atoms. The molecule has 0 amide bonds. The number of halogens is 1. The van der Waals surface area contributed by atoms with E-state index < -0.39 is 6.29 Å². The largest absolute Gasteiger partial charge is 0.465 e. The Bertz CT molecular complexity index is 299. The monoisotopic (exact) mass is 228 g/mol. The first-order valence-corrected chi connectivity index (χ1v) is 4.68. The molecule has 3 heteroatoms. The topological polar surface area (TPSA) is 29.5 Å². The van der Waals surface area contributed by atoms with Crippen LogP contribution >= 0.6 is 15.9 Å². The highest BCUT2D eigenvalue weighted by atomic mass is 79.9. The van der Waals surface area contributed by atoms with Crippen LogP contribution in [0.5, 0.6) is 5.75 Å². The molecule has 0 radical (unpaired) electrons. The number of benzene rings is 1. The summed E-state index contributed by atoms with van der Waals surface area (Å²) in [5.74, 6) is 0.803. The third kappa shape index (κ3) is 1.47. The molecular weight excluding hydrogens is 220 g/mol. The van der Waals surface area contributed by atoms with Gasteiger partial charge in [-0.3, -0.25) is 0 Å². The van der Waals surface area contributed by atoms with Crippen molar-refractivity contribution in [2.75, 3.05) is 0 Å². The molecule has 0 fully saturated rings. The first kappa shape index (κ1) is 8.08. The standard InChI is InChI=1S/C9H9BrO2/c10-7-2-3-8-6(5-7)1-4-9(11)12-8/h2-3,5,9,11H,1,4H2. The van der Waals surface area contributed by atoms with Crippen molar-refractivity contribution in [3.8, 4) is 5.75 Å². The van der Waals surface area contributed by atoms with Crippen molar-refractivity contribution in [2.24, 2.45) is 0 Å². The molecular formula is C9H9BrO2. The Labute approximate surface area is 79.3 Å². The minimum atomic E-state index is -0.626. The van der Waals surface area contributed by atoms with E-state index in [-0.39, 0.29) is 0 Å². The molecule has 1 unspecified atom stereocenters. The van der Waals surface area contributed by atoms with E-state index in [1.54, 1.807) is 0 Å². The lowest BCUT2D eigenvalue weighted by molar-refractivity contribution is -0.0316. The zero-order valence-electron chi connectivity index (χ0n) is 6.46.